The first-order chi connectivity index (χ1) is 11.6. The highest BCUT2D eigenvalue weighted by Crippen LogP contribution is 2.08. The standard InChI is InChI=1S/C16H30N4O5/c1-5-24-15(23)20-10-8-19(9-11-20)13(21)12(17)6-7-18-14(22)25-16(2,3)4/h12H,5-11,17H2,1-4H3,(H,18,22). The maximum Gasteiger partial charge on any atom is 0.409 e. The van der Waals surface area contributed by atoms with E-state index in [2.05, 4.69) is 5.32 Å². The summed E-state index contributed by atoms with van der Waals surface area (Å²) < 4.78 is 10.1. The van der Waals surface area contributed by atoms with Crippen LogP contribution in [0.2, 0.25) is 0 Å². The molecule has 0 saturated carbocycles. The number of alkyl carbamates (subject to hydrolysis) is 1. The van der Waals surface area contributed by atoms with Crippen molar-refractivity contribution in [3.63, 3.8) is 0 Å². The summed E-state index contributed by atoms with van der Waals surface area (Å²) in [6.07, 6.45) is -0.577. The van der Waals surface area contributed by atoms with Crippen LogP contribution in [0.15, 0.2) is 0 Å². The molecule has 0 aromatic rings. The van der Waals surface area contributed by atoms with E-state index < -0.39 is 17.7 Å². The number of hydrogen-bond donors (Lipinski definition) is 2. The van der Waals surface area contributed by atoms with Crippen LogP contribution in [0.5, 0.6) is 0 Å². The summed E-state index contributed by atoms with van der Waals surface area (Å²) in [7, 11) is 0. The Hall–Kier alpha value is -2.03. The third-order valence-corrected chi connectivity index (χ3v) is 3.56. The molecule has 1 fully saturated rings. The molecule has 1 heterocycles. The summed E-state index contributed by atoms with van der Waals surface area (Å²) in [5.41, 5.74) is 5.35. The second-order valence-corrected chi connectivity index (χ2v) is 6.84. The Morgan fingerprint density at radius 3 is 2.20 bits per heavy atom. The van der Waals surface area contributed by atoms with Gasteiger partial charge in [0.1, 0.15) is 5.60 Å². The van der Waals surface area contributed by atoms with Gasteiger partial charge in [-0.1, -0.05) is 0 Å². The number of piperazine rings is 1. The summed E-state index contributed by atoms with van der Waals surface area (Å²) >= 11 is 0. The number of nitrogens with one attached hydrogen (secondary N) is 1. The van der Waals surface area contributed by atoms with Crippen LogP contribution in [0.3, 0.4) is 0 Å². The van der Waals surface area contributed by atoms with Crippen molar-refractivity contribution in [2.75, 3.05) is 39.3 Å². The Bertz CT molecular complexity index is 470. The molecule has 9 heteroatoms. The minimum atomic E-state index is -0.705. The molecule has 9 nitrogen and oxygen atoms in total. The molecule has 1 atom stereocenters. The molecule has 1 unspecified atom stereocenters. The van der Waals surface area contributed by atoms with Gasteiger partial charge in [0, 0.05) is 32.7 Å². The molecule has 0 radical (unpaired) electrons. The maximum atomic E-state index is 12.3. The molecule has 1 saturated heterocycles. The van der Waals surface area contributed by atoms with Crippen LogP contribution in [0, 0.1) is 0 Å². The molecular weight excluding hydrogens is 328 g/mol. The van der Waals surface area contributed by atoms with E-state index in [0.29, 0.717) is 39.2 Å². The Labute approximate surface area is 148 Å². The zero-order valence-electron chi connectivity index (χ0n) is 15.5. The second-order valence-electron chi connectivity index (χ2n) is 6.84. The molecule has 3 amide bonds. The van der Waals surface area contributed by atoms with E-state index in [1.807, 2.05) is 0 Å². The topological polar surface area (TPSA) is 114 Å². The summed E-state index contributed by atoms with van der Waals surface area (Å²) in [5, 5.41) is 2.58. The highest BCUT2D eigenvalue weighted by atomic mass is 16.6. The van der Waals surface area contributed by atoms with Crippen molar-refractivity contribution < 1.29 is 23.9 Å². The lowest BCUT2D eigenvalue weighted by Crippen LogP contribution is -2.54. The molecule has 0 aromatic heterocycles. The number of carbonyl (C=O) groups is 3. The highest BCUT2D eigenvalue weighted by molar-refractivity contribution is 5.82. The Morgan fingerprint density at radius 2 is 1.68 bits per heavy atom. The quantitative estimate of drug-likeness (QED) is 0.741. The van der Waals surface area contributed by atoms with E-state index in [4.69, 9.17) is 15.2 Å². The van der Waals surface area contributed by atoms with Crippen molar-refractivity contribution >= 4 is 18.1 Å². The van der Waals surface area contributed by atoms with Gasteiger partial charge >= 0.3 is 12.2 Å². The van der Waals surface area contributed by atoms with Gasteiger partial charge in [-0.3, -0.25) is 4.79 Å². The van der Waals surface area contributed by atoms with Crippen molar-refractivity contribution in [1.29, 1.82) is 0 Å². The second kappa shape index (κ2) is 9.45. The number of ether oxygens (including phenoxy) is 2. The number of nitrogens with two attached hydrogens (primary N) is 1. The first kappa shape index (κ1) is 21.0. The molecule has 3 N–H and O–H groups in total. The van der Waals surface area contributed by atoms with E-state index in [9.17, 15) is 14.4 Å². The fraction of sp³-hybridized carbons (Fsp3) is 0.812. The Balaban J connectivity index is 2.31. The molecule has 25 heavy (non-hydrogen) atoms. The van der Waals surface area contributed by atoms with E-state index in [1.54, 1.807) is 37.5 Å². The Kier molecular flexibility index (Phi) is 7.95. The summed E-state index contributed by atoms with van der Waals surface area (Å²) in [4.78, 5) is 38.7. The first-order valence-corrected chi connectivity index (χ1v) is 8.57. The normalized spacial score (nSPS) is 16.2. The van der Waals surface area contributed by atoms with Crippen molar-refractivity contribution in [1.82, 2.24) is 15.1 Å². The molecule has 1 aliphatic heterocycles. The zero-order valence-corrected chi connectivity index (χ0v) is 15.5. The van der Waals surface area contributed by atoms with Crippen molar-refractivity contribution in [3.05, 3.63) is 0 Å². The van der Waals surface area contributed by atoms with E-state index in [-0.39, 0.29) is 18.5 Å². The summed E-state index contributed by atoms with van der Waals surface area (Å²) in [6, 6.07) is -0.705. The lowest BCUT2D eigenvalue weighted by Gasteiger charge is -2.35. The molecule has 0 aliphatic carbocycles. The van der Waals surface area contributed by atoms with Crippen LogP contribution in [-0.4, -0.2) is 78.9 Å². The average molecular weight is 358 g/mol. The van der Waals surface area contributed by atoms with Gasteiger partial charge in [0.05, 0.1) is 12.6 Å². The summed E-state index contributed by atoms with van der Waals surface area (Å²) in [5.74, 6) is -0.186. The van der Waals surface area contributed by atoms with Crippen molar-refractivity contribution in [2.45, 2.75) is 45.8 Å². The number of rotatable bonds is 5. The van der Waals surface area contributed by atoms with Crippen molar-refractivity contribution in [2.24, 2.45) is 5.73 Å². The molecule has 1 rings (SSSR count). The van der Waals surface area contributed by atoms with Crippen LogP contribution in [0.4, 0.5) is 9.59 Å². The molecule has 144 valence electrons. The van der Waals surface area contributed by atoms with E-state index in [0.717, 1.165) is 0 Å². The van der Waals surface area contributed by atoms with Gasteiger partial charge in [0.2, 0.25) is 5.91 Å². The van der Waals surface area contributed by atoms with E-state index in [1.165, 1.54) is 0 Å². The van der Waals surface area contributed by atoms with Crippen LogP contribution >= 0.6 is 0 Å². The molecule has 0 aromatic carbocycles. The van der Waals surface area contributed by atoms with E-state index >= 15 is 0 Å². The molecule has 0 spiro atoms. The minimum absolute atomic E-state index is 0.186. The van der Waals surface area contributed by atoms with Crippen LogP contribution < -0.4 is 11.1 Å². The minimum Gasteiger partial charge on any atom is -0.450 e. The zero-order chi connectivity index (χ0) is 19.0. The van der Waals surface area contributed by atoms with Gasteiger partial charge in [0.25, 0.3) is 0 Å². The van der Waals surface area contributed by atoms with Gasteiger partial charge in [-0.15, -0.1) is 0 Å². The predicted octanol–water partition coefficient (Wildman–Crippen LogP) is 0.529. The third kappa shape index (κ3) is 7.59. The third-order valence-electron chi connectivity index (χ3n) is 3.56. The fourth-order valence-electron chi connectivity index (χ4n) is 2.33. The fourth-order valence-corrected chi connectivity index (χ4v) is 2.33. The lowest BCUT2D eigenvalue weighted by molar-refractivity contribution is -0.134. The molecular formula is C16H30N4O5. The van der Waals surface area contributed by atoms with Crippen LogP contribution in [0.25, 0.3) is 0 Å². The predicted molar refractivity (Wildman–Crippen MR) is 92.0 cm³/mol. The van der Waals surface area contributed by atoms with Gasteiger partial charge in [0.15, 0.2) is 0 Å². The van der Waals surface area contributed by atoms with Gasteiger partial charge in [-0.2, -0.15) is 0 Å². The number of hydrogen-bond acceptors (Lipinski definition) is 6. The van der Waals surface area contributed by atoms with Crippen molar-refractivity contribution in [3.8, 4) is 0 Å². The van der Waals surface area contributed by atoms with Crippen LogP contribution in [0.1, 0.15) is 34.1 Å². The number of amides is 3. The largest absolute Gasteiger partial charge is 0.450 e. The Morgan fingerprint density at radius 1 is 1.12 bits per heavy atom. The van der Waals surface area contributed by atoms with Gasteiger partial charge in [-0.25, -0.2) is 9.59 Å². The molecule has 0 bridgehead atoms. The lowest BCUT2D eigenvalue weighted by atomic mass is 10.1. The monoisotopic (exact) mass is 358 g/mol. The van der Waals surface area contributed by atoms with Crippen LogP contribution in [-0.2, 0) is 14.3 Å². The maximum absolute atomic E-state index is 12.3. The average Bonchev–Trinajstić information content (AvgIpc) is 2.52. The summed E-state index contributed by atoms with van der Waals surface area (Å²) in [6.45, 7) is 9.35. The van der Waals surface area contributed by atoms with Gasteiger partial charge < -0.3 is 30.3 Å². The first-order valence-electron chi connectivity index (χ1n) is 8.57. The highest BCUT2D eigenvalue weighted by Gasteiger charge is 2.27. The smallest absolute Gasteiger partial charge is 0.409 e. The SMILES string of the molecule is CCOC(=O)N1CCN(C(=O)C(N)CCNC(=O)OC(C)(C)C)CC1. The van der Waals surface area contributed by atoms with Gasteiger partial charge in [-0.05, 0) is 34.1 Å². The molecule has 1 aliphatic rings. The number of carbonyl (C=O) groups excluding carboxylic acids is 3. The number of nitrogens with zero attached hydrogens (tertiary/aromatic N) is 2.